The zero-order chi connectivity index (χ0) is 24.2. The maximum atomic E-state index is 14.0. The summed E-state index contributed by atoms with van der Waals surface area (Å²) in [6.07, 6.45) is 1.10. The van der Waals surface area contributed by atoms with Crippen LogP contribution < -0.4 is 5.32 Å². The normalized spacial score (nSPS) is 19.6. The first kappa shape index (κ1) is 22.1. The molecule has 2 amide bonds. The van der Waals surface area contributed by atoms with Crippen molar-refractivity contribution in [2.75, 3.05) is 7.05 Å². The van der Waals surface area contributed by atoms with Gasteiger partial charge in [0.1, 0.15) is 0 Å². The Morgan fingerprint density at radius 3 is 2.65 bits per heavy atom. The predicted molar refractivity (Wildman–Crippen MR) is 128 cm³/mol. The van der Waals surface area contributed by atoms with E-state index in [4.69, 9.17) is 0 Å². The topological polar surface area (TPSA) is 78.1 Å². The number of carbonyl (C=O) groups is 2. The monoisotopic (exact) mass is 458 g/mol. The lowest BCUT2D eigenvalue weighted by atomic mass is 9.86. The molecule has 6 nitrogen and oxygen atoms in total. The van der Waals surface area contributed by atoms with Gasteiger partial charge in [-0.15, -0.1) is 0 Å². The molecule has 1 unspecified atom stereocenters. The van der Waals surface area contributed by atoms with E-state index in [1.165, 1.54) is 0 Å². The molecule has 0 fully saturated rings. The summed E-state index contributed by atoms with van der Waals surface area (Å²) in [5.74, 6) is -0.467. The number of nitrogens with zero attached hydrogens (tertiary/aromatic N) is 2. The van der Waals surface area contributed by atoms with Crippen molar-refractivity contribution in [3.8, 4) is 11.3 Å². The molecule has 3 aromatic rings. The number of benzene rings is 2. The fraction of sp³-hybridized carbons (Fsp3) is 0.296. The van der Waals surface area contributed by atoms with Crippen LogP contribution >= 0.6 is 0 Å². The van der Waals surface area contributed by atoms with E-state index >= 15 is 0 Å². The van der Waals surface area contributed by atoms with Crippen LogP contribution in [0.4, 0.5) is 4.39 Å². The molecule has 2 N–H and O–H groups in total. The Bertz CT molecular complexity index is 1330. The first-order valence-corrected chi connectivity index (χ1v) is 11.4. The number of rotatable bonds is 5. The molecular weight excluding hydrogens is 431 g/mol. The van der Waals surface area contributed by atoms with Crippen LogP contribution in [-0.2, 0) is 19.4 Å². The number of aromatic nitrogens is 2. The Morgan fingerprint density at radius 2 is 1.97 bits per heavy atom. The third-order valence-electron chi connectivity index (χ3n) is 7.30. The standard InChI is InChI=1S/C27H27FN4O2/c1-15(17-5-7-18(8-6-17)25(33)29-4)32-14-20-11-19(9-10-21(20)26(32)34)24-22-12-27(3,16(2)28)13-23(22)30-31-24/h5-11,15H,2,12-14H2,1,3-4H3,(H,29,33)(H,30,31)/t15-,27?/m1/s1. The van der Waals surface area contributed by atoms with Crippen molar-refractivity contribution in [3.05, 3.63) is 88.4 Å². The molecule has 2 aliphatic rings. The van der Waals surface area contributed by atoms with Crippen LogP contribution in [0.3, 0.4) is 0 Å². The summed E-state index contributed by atoms with van der Waals surface area (Å²) in [5.41, 5.74) is 6.27. The van der Waals surface area contributed by atoms with Crippen molar-refractivity contribution in [2.24, 2.45) is 5.41 Å². The molecule has 0 spiro atoms. The van der Waals surface area contributed by atoms with Crippen molar-refractivity contribution in [3.63, 3.8) is 0 Å². The summed E-state index contributed by atoms with van der Waals surface area (Å²) < 4.78 is 14.0. The molecule has 2 heterocycles. The predicted octanol–water partition coefficient (Wildman–Crippen LogP) is 4.74. The second-order valence-electron chi connectivity index (χ2n) is 9.53. The summed E-state index contributed by atoms with van der Waals surface area (Å²) in [4.78, 5) is 26.8. The lowest BCUT2D eigenvalue weighted by molar-refractivity contribution is 0.0715. The van der Waals surface area contributed by atoms with Crippen molar-refractivity contribution in [1.29, 1.82) is 0 Å². The SMILES string of the molecule is C=C(F)C1(C)Cc2[nH]nc(-c3ccc4c(c3)CN([C@H](C)c3ccc(C(=O)NC)cc3)C4=O)c2C1. The number of amides is 2. The lowest BCUT2D eigenvalue weighted by Crippen LogP contribution is -2.27. The molecule has 0 radical (unpaired) electrons. The number of hydrogen-bond donors (Lipinski definition) is 2. The highest BCUT2D eigenvalue weighted by Crippen LogP contribution is 2.45. The van der Waals surface area contributed by atoms with Gasteiger partial charge in [-0.3, -0.25) is 14.7 Å². The average Bonchev–Trinajstić information content (AvgIpc) is 3.48. The van der Waals surface area contributed by atoms with Crippen LogP contribution in [0.1, 0.15) is 63.0 Å². The Balaban J connectivity index is 1.39. The van der Waals surface area contributed by atoms with E-state index in [0.717, 1.165) is 33.6 Å². The van der Waals surface area contributed by atoms with Gasteiger partial charge in [0.15, 0.2) is 0 Å². The lowest BCUT2D eigenvalue weighted by Gasteiger charge is -2.24. The molecule has 2 aromatic carbocycles. The Labute approximate surface area is 197 Å². The number of halogens is 1. The molecule has 0 saturated heterocycles. The van der Waals surface area contributed by atoms with E-state index in [2.05, 4.69) is 22.1 Å². The molecular formula is C27H27FN4O2. The summed E-state index contributed by atoms with van der Waals surface area (Å²) in [5, 5.41) is 10.2. The molecule has 34 heavy (non-hydrogen) atoms. The van der Waals surface area contributed by atoms with Gasteiger partial charge < -0.3 is 10.2 Å². The van der Waals surface area contributed by atoms with Gasteiger partial charge in [-0.2, -0.15) is 5.10 Å². The van der Waals surface area contributed by atoms with Gasteiger partial charge in [-0.25, -0.2) is 4.39 Å². The molecule has 0 saturated carbocycles. The number of H-pyrrole nitrogens is 1. The number of hydrogen-bond acceptors (Lipinski definition) is 3. The number of carbonyl (C=O) groups excluding carboxylic acids is 2. The molecule has 7 heteroatoms. The second kappa shape index (κ2) is 7.94. The quantitative estimate of drug-likeness (QED) is 0.580. The Kier molecular flexibility index (Phi) is 5.15. The minimum absolute atomic E-state index is 0.0158. The average molecular weight is 459 g/mol. The second-order valence-corrected chi connectivity index (χ2v) is 9.53. The molecule has 2 atom stereocenters. The third-order valence-corrected chi connectivity index (χ3v) is 7.30. The smallest absolute Gasteiger partial charge is 0.255 e. The number of fused-ring (bicyclic) bond motifs is 2. The largest absolute Gasteiger partial charge is 0.355 e. The van der Waals surface area contributed by atoms with Crippen LogP contribution in [0.15, 0.2) is 54.9 Å². The van der Waals surface area contributed by atoms with Crippen LogP contribution in [-0.4, -0.2) is 34.0 Å². The van der Waals surface area contributed by atoms with Crippen LogP contribution in [0.2, 0.25) is 0 Å². The zero-order valence-corrected chi connectivity index (χ0v) is 19.5. The van der Waals surface area contributed by atoms with Crippen molar-refractivity contribution >= 4 is 11.8 Å². The van der Waals surface area contributed by atoms with Crippen molar-refractivity contribution < 1.29 is 14.0 Å². The Hall–Kier alpha value is -3.74. The minimum atomic E-state index is -0.606. The Morgan fingerprint density at radius 1 is 1.24 bits per heavy atom. The molecule has 1 aliphatic heterocycles. The maximum Gasteiger partial charge on any atom is 0.255 e. The number of nitrogens with one attached hydrogen (secondary N) is 2. The first-order chi connectivity index (χ1) is 16.2. The zero-order valence-electron chi connectivity index (χ0n) is 19.5. The highest BCUT2D eigenvalue weighted by Gasteiger charge is 2.39. The number of allylic oxidation sites excluding steroid dienone is 1. The molecule has 174 valence electrons. The summed E-state index contributed by atoms with van der Waals surface area (Å²) in [7, 11) is 1.60. The molecule has 1 aliphatic carbocycles. The summed E-state index contributed by atoms with van der Waals surface area (Å²) in [6, 6.07) is 13.0. The van der Waals surface area contributed by atoms with Gasteiger partial charge in [-0.1, -0.05) is 31.7 Å². The number of aromatic amines is 1. The van der Waals surface area contributed by atoms with Gasteiger partial charge in [0.25, 0.3) is 11.8 Å². The fourth-order valence-corrected chi connectivity index (χ4v) is 5.05. The maximum absolute atomic E-state index is 14.0. The van der Waals surface area contributed by atoms with E-state index in [1.54, 1.807) is 19.2 Å². The molecule has 1 aromatic heterocycles. The van der Waals surface area contributed by atoms with E-state index in [9.17, 15) is 14.0 Å². The van der Waals surface area contributed by atoms with Gasteiger partial charge in [0.05, 0.1) is 17.6 Å². The third kappa shape index (κ3) is 3.43. The van der Waals surface area contributed by atoms with Crippen molar-refractivity contribution in [2.45, 2.75) is 39.3 Å². The molecule has 0 bridgehead atoms. The van der Waals surface area contributed by atoms with E-state index in [1.807, 2.05) is 49.1 Å². The molecule has 5 rings (SSSR count). The van der Waals surface area contributed by atoms with Crippen LogP contribution in [0.25, 0.3) is 11.3 Å². The highest BCUT2D eigenvalue weighted by molar-refractivity contribution is 5.99. The summed E-state index contributed by atoms with van der Waals surface area (Å²) in [6.45, 7) is 7.90. The van der Waals surface area contributed by atoms with E-state index in [-0.39, 0.29) is 23.7 Å². The minimum Gasteiger partial charge on any atom is -0.355 e. The van der Waals surface area contributed by atoms with E-state index < -0.39 is 5.41 Å². The van der Waals surface area contributed by atoms with Gasteiger partial charge in [-0.05, 0) is 48.7 Å². The van der Waals surface area contributed by atoms with E-state index in [0.29, 0.717) is 30.5 Å². The van der Waals surface area contributed by atoms with Crippen LogP contribution in [0, 0.1) is 5.41 Å². The van der Waals surface area contributed by atoms with Crippen molar-refractivity contribution in [1.82, 2.24) is 20.4 Å². The van der Waals surface area contributed by atoms with Gasteiger partial charge >= 0.3 is 0 Å². The van der Waals surface area contributed by atoms with Gasteiger partial charge in [0.2, 0.25) is 0 Å². The van der Waals surface area contributed by atoms with Gasteiger partial charge in [0, 0.05) is 53.4 Å². The summed E-state index contributed by atoms with van der Waals surface area (Å²) >= 11 is 0. The fourth-order valence-electron chi connectivity index (χ4n) is 5.05. The first-order valence-electron chi connectivity index (χ1n) is 11.4. The highest BCUT2D eigenvalue weighted by atomic mass is 19.1. The van der Waals surface area contributed by atoms with Crippen LogP contribution in [0.5, 0.6) is 0 Å².